The van der Waals surface area contributed by atoms with Gasteiger partial charge in [0.05, 0.1) is 16.6 Å². The van der Waals surface area contributed by atoms with Crippen LogP contribution in [0.5, 0.6) is 0 Å². The summed E-state index contributed by atoms with van der Waals surface area (Å²) in [6, 6.07) is 13.4. The number of nitrogens with zero attached hydrogens (tertiary/aromatic N) is 2. The van der Waals surface area contributed by atoms with Crippen LogP contribution in [-0.2, 0) is 0 Å². The van der Waals surface area contributed by atoms with E-state index < -0.39 is 16.8 Å². The van der Waals surface area contributed by atoms with Crippen molar-refractivity contribution < 1.29 is 4.39 Å². The molecule has 1 atom stereocenters. The fraction of sp³-hybridized carbons (Fsp3) is 0.125. The molecule has 0 aliphatic rings. The summed E-state index contributed by atoms with van der Waals surface area (Å²) < 4.78 is 15.4. The van der Waals surface area contributed by atoms with Crippen molar-refractivity contribution in [1.29, 1.82) is 0 Å². The van der Waals surface area contributed by atoms with Gasteiger partial charge in [-0.05, 0) is 31.2 Å². The molecule has 0 aliphatic heterocycles. The summed E-state index contributed by atoms with van der Waals surface area (Å²) in [5, 5.41) is -0.506. The second-order valence-electron chi connectivity index (χ2n) is 4.70. The number of halogens is 2. The number of hydrogen-bond donors (Lipinski definition) is 0. The molecule has 1 unspecified atom stereocenters. The molecule has 3 nitrogen and oxygen atoms in total. The third-order valence-corrected chi connectivity index (χ3v) is 3.44. The van der Waals surface area contributed by atoms with Gasteiger partial charge in [-0.3, -0.25) is 9.36 Å². The van der Waals surface area contributed by atoms with E-state index in [-0.39, 0.29) is 5.39 Å². The van der Waals surface area contributed by atoms with E-state index >= 15 is 0 Å². The van der Waals surface area contributed by atoms with Crippen LogP contribution in [0.25, 0.3) is 16.6 Å². The smallest absolute Gasteiger partial charge is 0.268 e. The molecule has 0 N–H and O–H groups in total. The second-order valence-corrected chi connectivity index (χ2v) is 5.35. The molecule has 21 heavy (non-hydrogen) atoms. The standard InChI is InChI=1S/C16H12ClFN2O/c1-10(17)15-19-13-9-5-8-12(18)14(13)16(21)20(15)11-6-3-2-4-7-11/h2-10H,1H3. The minimum absolute atomic E-state index is 0.0255. The zero-order valence-electron chi connectivity index (χ0n) is 11.3. The summed E-state index contributed by atoms with van der Waals surface area (Å²) in [5.41, 5.74) is 0.476. The van der Waals surface area contributed by atoms with Crippen LogP contribution in [0.4, 0.5) is 4.39 Å². The van der Waals surface area contributed by atoms with Gasteiger partial charge in [0.1, 0.15) is 17.0 Å². The van der Waals surface area contributed by atoms with Crippen molar-refractivity contribution in [3.8, 4) is 5.69 Å². The molecule has 0 saturated heterocycles. The Morgan fingerprint density at radius 1 is 1.14 bits per heavy atom. The number of alkyl halides is 1. The van der Waals surface area contributed by atoms with Crippen LogP contribution in [0.15, 0.2) is 53.3 Å². The number of rotatable bonds is 2. The summed E-state index contributed by atoms with van der Waals surface area (Å²) >= 11 is 6.15. The molecule has 0 fully saturated rings. The third kappa shape index (κ3) is 2.32. The Hall–Kier alpha value is -2.20. The van der Waals surface area contributed by atoms with Crippen molar-refractivity contribution in [3.63, 3.8) is 0 Å². The number of fused-ring (bicyclic) bond motifs is 1. The first kappa shape index (κ1) is 13.8. The zero-order chi connectivity index (χ0) is 15.0. The van der Waals surface area contributed by atoms with Gasteiger partial charge in [0.2, 0.25) is 0 Å². The highest BCUT2D eigenvalue weighted by Gasteiger charge is 2.18. The Bertz CT molecular complexity index is 859. The van der Waals surface area contributed by atoms with Gasteiger partial charge in [-0.1, -0.05) is 24.3 Å². The zero-order valence-corrected chi connectivity index (χ0v) is 12.0. The molecular weight excluding hydrogens is 291 g/mol. The highest BCUT2D eigenvalue weighted by Crippen LogP contribution is 2.22. The first-order valence-corrected chi connectivity index (χ1v) is 6.94. The molecule has 1 heterocycles. The number of aromatic nitrogens is 2. The fourth-order valence-electron chi connectivity index (χ4n) is 2.30. The van der Waals surface area contributed by atoms with E-state index in [0.29, 0.717) is 17.0 Å². The largest absolute Gasteiger partial charge is 0.269 e. The third-order valence-electron chi connectivity index (χ3n) is 3.24. The normalized spacial score (nSPS) is 12.5. The van der Waals surface area contributed by atoms with Gasteiger partial charge in [-0.25, -0.2) is 9.37 Å². The van der Waals surface area contributed by atoms with E-state index in [2.05, 4.69) is 4.98 Å². The lowest BCUT2D eigenvalue weighted by Crippen LogP contribution is -2.25. The maximum Gasteiger partial charge on any atom is 0.269 e. The SMILES string of the molecule is CC(Cl)c1nc2cccc(F)c2c(=O)n1-c1ccccc1. The number of para-hydroxylation sites is 1. The summed E-state index contributed by atoms with van der Waals surface area (Å²) in [7, 11) is 0. The van der Waals surface area contributed by atoms with Gasteiger partial charge in [0, 0.05) is 0 Å². The average molecular weight is 303 g/mol. The summed E-state index contributed by atoms with van der Waals surface area (Å²) in [6.45, 7) is 1.73. The second kappa shape index (κ2) is 5.30. The van der Waals surface area contributed by atoms with Crippen molar-refractivity contribution >= 4 is 22.5 Å². The van der Waals surface area contributed by atoms with Crippen LogP contribution in [0.1, 0.15) is 18.1 Å². The number of benzene rings is 2. The van der Waals surface area contributed by atoms with Crippen molar-refractivity contribution in [2.75, 3.05) is 0 Å². The predicted molar refractivity (Wildman–Crippen MR) is 81.6 cm³/mol. The molecule has 3 rings (SSSR count). The van der Waals surface area contributed by atoms with E-state index in [1.807, 2.05) is 6.07 Å². The Kier molecular flexibility index (Phi) is 3.47. The van der Waals surface area contributed by atoms with Crippen molar-refractivity contribution in [2.45, 2.75) is 12.3 Å². The minimum Gasteiger partial charge on any atom is -0.268 e. The van der Waals surface area contributed by atoms with Crippen LogP contribution in [0, 0.1) is 5.82 Å². The lowest BCUT2D eigenvalue weighted by atomic mass is 10.2. The molecule has 5 heteroatoms. The maximum absolute atomic E-state index is 14.0. The highest BCUT2D eigenvalue weighted by atomic mass is 35.5. The Balaban J connectivity index is 2.47. The predicted octanol–water partition coefficient (Wildman–Crippen LogP) is 3.82. The topological polar surface area (TPSA) is 34.9 Å². The first-order chi connectivity index (χ1) is 10.1. The fourth-order valence-corrected chi connectivity index (χ4v) is 2.45. The maximum atomic E-state index is 14.0. The Morgan fingerprint density at radius 2 is 1.86 bits per heavy atom. The lowest BCUT2D eigenvalue weighted by Gasteiger charge is -2.15. The van der Waals surface area contributed by atoms with Gasteiger partial charge in [0.25, 0.3) is 5.56 Å². The molecule has 0 radical (unpaired) electrons. The molecule has 106 valence electrons. The first-order valence-electron chi connectivity index (χ1n) is 6.50. The van der Waals surface area contributed by atoms with E-state index in [1.165, 1.54) is 16.7 Å². The van der Waals surface area contributed by atoms with E-state index in [1.54, 1.807) is 37.3 Å². The van der Waals surface area contributed by atoms with Gasteiger partial charge in [-0.15, -0.1) is 11.6 Å². The molecule has 2 aromatic carbocycles. The van der Waals surface area contributed by atoms with Gasteiger partial charge in [0.15, 0.2) is 0 Å². The summed E-state index contributed by atoms with van der Waals surface area (Å²) in [4.78, 5) is 17.1. The van der Waals surface area contributed by atoms with Gasteiger partial charge >= 0.3 is 0 Å². The van der Waals surface area contributed by atoms with Crippen molar-refractivity contribution in [3.05, 3.63) is 70.5 Å². The van der Waals surface area contributed by atoms with Gasteiger partial charge < -0.3 is 0 Å². The van der Waals surface area contributed by atoms with Crippen LogP contribution < -0.4 is 5.56 Å². The van der Waals surface area contributed by atoms with Crippen molar-refractivity contribution in [2.24, 2.45) is 0 Å². The van der Waals surface area contributed by atoms with Crippen molar-refractivity contribution in [1.82, 2.24) is 9.55 Å². The molecule has 0 spiro atoms. The number of hydrogen-bond acceptors (Lipinski definition) is 2. The lowest BCUT2D eigenvalue weighted by molar-refractivity contribution is 0.636. The minimum atomic E-state index is -0.580. The summed E-state index contributed by atoms with van der Waals surface area (Å²) in [5.74, 6) is -0.186. The molecule has 0 bridgehead atoms. The molecule has 0 saturated carbocycles. The molecular formula is C16H12ClFN2O. The molecule has 3 aromatic rings. The molecule has 0 aliphatic carbocycles. The van der Waals surface area contributed by atoms with E-state index in [4.69, 9.17) is 11.6 Å². The molecule has 1 aromatic heterocycles. The van der Waals surface area contributed by atoms with Gasteiger partial charge in [-0.2, -0.15) is 0 Å². The van der Waals surface area contributed by atoms with E-state index in [9.17, 15) is 9.18 Å². The quantitative estimate of drug-likeness (QED) is 0.674. The average Bonchev–Trinajstić information content (AvgIpc) is 2.47. The molecule has 0 amide bonds. The van der Waals surface area contributed by atoms with Crippen LogP contribution in [-0.4, -0.2) is 9.55 Å². The highest BCUT2D eigenvalue weighted by molar-refractivity contribution is 6.20. The monoisotopic (exact) mass is 302 g/mol. The Morgan fingerprint density at radius 3 is 2.52 bits per heavy atom. The van der Waals surface area contributed by atoms with Crippen LogP contribution in [0.2, 0.25) is 0 Å². The Labute approximate surface area is 125 Å². The van der Waals surface area contributed by atoms with E-state index in [0.717, 1.165) is 0 Å². The van der Waals surface area contributed by atoms with Crippen LogP contribution in [0.3, 0.4) is 0 Å². The summed E-state index contributed by atoms with van der Waals surface area (Å²) in [6.07, 6.45) is 0. The van der Waals surface area contributed by atoms with Crippen LogP contribution >= 0.6 is 11.6 Å².